The highest BCUT2D eigenvalue weighted by Gasteiger charge is 2.49. The van der Waals surface area contributed by atoms with E-state index >= 15 is 0 Å². The van der Waals surface area contributed by atoms with Crippen LogP contribution in [0, 0.1) is 5.21 Å². The SMILES string of the molecule is CCOC(=O)C1O[N+]([O-])=C(c2ccccc2)C1c1cc(OC)c2c(c1OC)OCO2. The molecule has 30 heavy (non-hydrogen) atoms. The molecule has 9 heteroatoms. The number of benzene rings is 2. The molecule has 2 atom stereocenters. The van der Waals surface area contributed by atoms with Crippen molar-refractivity contribution >= 4 is 11.7 Å². The van der Waals surface area contributed by atoms with Gasteiger partial charge in [-0.1, -0.05) is 18.2 Å². The molecule has 2 aliphatic rings. The zero-order valence-electron chi connectivity index (χ0n) is 16.7. The standard InChI is InChI=1S/C21H21NO8/c1-4-27-21(23)19-15(16(22(24)30-19)12-8-6-5-7-9-12)13-10-14(25-2)18-20(17(13)26-3)29-11-28-18/h5-10,15,19H,4,11H2,1-3H3. The van der Waals surface area contributed by atoms with Crippen LogP contribution in [0.3, 0.4) is 0 Å². The van der Waals surface area contributed by atoms with Gasteiger partial charge in [-0.05, 0) is 25.1 Å². The summed E-state index contributed by atoms with van der Waals surface area (Å²) in [6.07, 6.45) is -1.21. The van der Waals surface area contributed by atoms with Crippen molar-refractivity contribution in [3.8, 4) is 23.0 Å². The molecule has 2 aliphatic heterocycles. The smallest absolute Gasteiger partial charge is 0.326 e. The number of hydrogen-bond donors (Lipinski definition) is 0. The molecule has 0 amide bonds. The molecule has 2 unspecified atom stereocenters. The van der Waals surface area contributed by atoms with Crippen LogP contribution in [0.15, 0.2) is 36.4 Å². The normalized spacial score (nSPS) is 19.4. The third-order valence-electron chi connectivity index (χ3n) is 4.94. The molecule has 4 rings (SSSR count). The first-order chi connectivity index (χ1) is 14.6. The van der Waals surface area contributed by atoms with Crippen LogP contribution < -0.4 is 18.9 Å². The highest BCUT2D eigenvalue weighted by molar-refractivity contribution is 6.06. The summed E-state index contributed by atoms with van der Waals surface area (Å²) < 4.78 is 27.3. The van der Waals surface area contributed by atoms with Crippen molar-refractivity contribution < 1.29 is 38.2 Å². The summed E-state index contributed by atoms with van der Waals surface area (Å²) in [6, 6.07) is 10.6. The fraction of sp³-hybridized carbons (Fsp3) is 0.333. The van der Waals surface area contributed by atoms with Gasteiger partial charge < -0.3 is 28.5 Å². The molecule has 0 saturated heterocycles. The summed E-state index contributed by atoms with van der Waals surface area (Å²) in [5.74, 6) is -0.0426. The van der Waals surface area contributed by atoms with Crippen molar-refractivity contribution in [3.05, 3.63) is 52.7 Å². The Bertz CT molecular complexity index is 988. The van der Waals surface area contributed by atoms with Gasteiger partial charge in [0.25, 0.3) is 5.71 Å². The fourth-order valence-electron chi connectivity index (χ4n) is 3.71. The molecule has 2 heterocycles. The molecule has 0 aliphatic carbocycles. The largest absolute Gasteiger partial charge is 0.493 e. The number of carbonyl (C=O) groups excluding carboxylic acids is 1. The Kier molecular flexibility index (Phi) is 5.26. The molecule has 0 radical (unpaired) electrons. The van der Waals surface area contributed by atoms with Gasteiger partial charge in [0, 0.05) is 16.0 Å². The number of nitrogens with zero attached hydrogens (tertiary/aromatic N) is 1. The van der Waals surface area contributed by atoms with Crippen molar-refractivity contribution in [2.24, 2.45) is 0 Å². The monoisotopic (exact) mass is 415 g/mol. The summed E-state index contributed by atoms with van der Waals surface area (Å²) in [7, 11) is 2.96. The summed E-state index contributed by atoms with van der Waals surface area (Å²) in [4.78, 5) is 18.4. The zero-order chi connectivity index (χ0) is 21.3. The Morgan fingerprint density at radius 1 is 1.17 bits per heavy atom. The van der Waals surface area contributed by atoms with Gasteiger partial charge in [-0.25, -0.2) is 0 Å². The summed E-state index contributed by atoms with van der Waals surface area (Å²) in [6.45, 7) is 1.83. The first-order valence-electron chi connectivity index (χ1n) is 9.38. The van der Waals surface area contributed by atoms with Crippen LogP contribution in [0.5, 0.6) is 23.0 Å². The van der Waals surface area contributed by atoms with Crippen molar-refractivity contribution in [1.82, 2.24) is 0 Å². The quantitative estimate of drug-likeness (QED) is 0.524. The Labute approximate surface area is 172 Å². The number of methoxy groups -OCH3 is 2. The van der Waals surface area contributed by atoms with Gasteiger partial charge in [-0.15, -0.1) is 0 Å². The van der Waals surface area contributed by atoms with E-state index in [4.69, 9.17) is 28.5 Å². The van der Waals surface area contributed by atoms with Crippen LogP contribution in [0.1, 0.15) is 24.0 Å². The van der Waals surface area contributed by atoms with Crippen LogP contribution in [0.25, 0.3) is 0 Å². The zero-order valence-corrected chi connectivity index (χ0v) is 16.7. The van der Waals surface area contributed by atoms with E-state index in [0.29, 0.717) is 39.0 Å². The van der Waals surface area contributed by atoms with Crippen LogP contribution in [-0.4, -0.2) is 50.3 Å². The lowest BCUT2D eigenvalue weighted by Gasteiger charge is -2.21. The van der Waals surface area contributed by atoms with Gasteiger partial charge in [-0.2, -0.15) is 0 Å². The number of rotatable bonds is 6. The second-order valence-corrected chi connectivity index (χ2v) is 6.53. The molecule has 0 aromatic heterocycles. The first-order valence-corrected chi connectivity index (χ1v) is 9.38. The molecule has 2 aromatic carbocycles. The second-order valence-electron chi connectivity index (χ2n) is 6.53. The Hall–Kier alpha value is -3.62. The molecular formula is C21H21NO8. The number of hydrogen-bond acceptors (Lipinski definition) is 8. The van der Waals surface area contributed by atoms with Crippen LogP contribution >= 0.6 is 0 Å². The van der Waals surface area contributed by atoms with Crippen LogP contribution in [-0.2, 0) is 14.4 Å². The molecule has 0 N–H and O–H groups in total. The van der Waals surface area contributed by atoms with E-state index in [0.717, 1.165) is 0 Å². The number of esters is 1. The van der Waals surface area contributed by atoms with E-state index in [1.807, 2.05) is 6.07 Å². The van der Waals surface area contributed by atoms with Crippen LogP contribution in [0.4, 0.5) is 0 Å². The van der Waals surface area contributed by atoms with Crippen molar-refractivity contribution in [1.29, 1.82) is 0 Å². The highest BCUT2D eigenvalue weighted by Crippen LogP contribution is 2.52. The maximum Gasteiger partial charge on any atom is 0.326 e. The first kappa shape index (κ1) is 19.7. The van der Waals surface area contributed by atoms with E-state index in [1.54, 1.807) is 37.3 Å². The minimum absolute atomic E-state index is 0.00306. The van der Waals surface area contributed by atoms with E-state index < -0.39 is 18.0 Å². The van der Waals surface area contributed by atoms with Gasteiger partial charge in [0.15, 0.2) is 17.6 Å². The molecular weight excluding hydrogens is 394 g/mol. The Morgan fingerprint density at radius 3 is 2.57 bits per heavy atom. The molecule has 0 fully saturated rings. The van der Waals surface area contributed by atoms with Crippen LogP contribution in [0.2, 0.25) is 0 Å². The lowest BCUT2D eigenvalue weighted by Crippen LogP contribution is -2.32. The van der Waals surface area contributed by atoms with E-state index in [2.05, 4.69) is 0 Å². The fourth-order valence-corrected chi connectivity index (χ4v) is 3.71. The van der Waals surface area contributed by atoms with Crippen molar-refractivity contribution in [2.45, 2.75) is 18.9 Å². The van der Waals surface area contributed by atoms with Crippen molar-refractivity contribution in [2.75, 3.05) is 27.6 Å². The predicted molar refractivity (Wildman–Crippen MR) is 104 cm³/mol. The average Bonchev–Trinajstić information content (AvgIpc) is 3.38. The maximum absolute atomic E-state index is 12.8. The van der Waals surface area contributed by atoms with Gasteiger partial charge in [0.1, 0.15) is 5.92 Å². The number of fused-ring (bicyclic) bond motifs is 1. The third kappa shape index (κ3) is 3.12. The maximum atomic E-state index is 12.8. The summed E-state index contributed by atoms with van der Waals surface area (Å²) in [5.41, 5.74) is 1.32. The van der Waals surface area contributed by atoms with Gasteiger partial charge in [0.2, 0.25) is 18.3 Å². The molecule has 158 valence electrons. The molecule has 0 saturated carbocycles. The topological polar surface area (TPSA) is 98.5 Å². The minimum atomic E-state index is -1.21. The van der Waals surface area contributed by atoms with E-state index in [-0.39, 0.29) is 19.1 Å². The molecule has 0 bridgehead atoms. The Morgan fingerprint density at radius 2 is 1.90 bits per heavy atom. The average molecular weight is 415 g/mol. The predicted octanol–water partition coefficient (Wildman–Crippen LogP) is 2.39. The Balaban J connectivity index is 1.93. The molecule has 2 aromatic rings. The molecule has 0 spiro atoms. The van der Waals surface area contributed by atoms with Crippen molar-refractivity contribution in [3.63, 3.8) is 0 Å². The highest BCUT2D eigenvalue weighted by atomic mass is 16.9. The van der Waals surface area contributed by atoms with E-state index in [9.17, 15) is 10.0 Å². The molecule has 9 nitrogen and oxygen atoms in total. The van der Waals surface area contributed by atoms with E-state index in [1.165, 1.54) is 14.2 Å². The lowest BCUT2D eigenvalue weighted by atomic mass is 9.85. The van der Waals surface area contributed by atoms with Gasteiger partial charge in [0.05, 0.1) is 20.8 Å². The lowest BCUT2D eigenvalue weighted by molar-refractivity contribution is -0.737. The number of ether oxygens (including phenoxy) is 5. The number of carbonyl (C=O) groups is 1. The van der Waals surface area contributed by atoms with Gasteiger partial charge in [-0.3, -0.25) is 10.0 Å². The second kappa shape index (κ2) is 8.02. The van der Waals surface area contributed by atoms with Gasteiger partial charge >= 0.3 is 5.97 Å². The summed E-state index contributed by atoms with van der Waals surface area (Å²) >= 11 is 0. The summed E-state index contributed by atoms with van der Waals surface area (Å²) in [5, 5.41) is 12.8. The third-order valence-corrected chi connectivity index (χ3v) is 4.94. The minimum Gasteiger partial charge on any atom is -0.493 e.